The van der Waals surface area contributed by atoms with Crippen molar-refractivity contribution in [3.63, 3.8) is 0 Å². The van der Waals surface area contributed by atoms with E-state index in [0.717, 1.165) is 14.7 Å². The highest BCUT2D eigenvalue weighted by atomic mass is 127. The topological polar surface area (TPSA) is 60.7 Å². The predicted octanol–water partition coefficient (Wildman–Crippen LogP) is 3.01. The molecule has 3 aromatic rings. The van der Waals surface area contributed by atoms with E-state index >= 15 is 0 Å². The first kappa shape index (κ1) is 19.8. The Morgan fingerprint density at radius 2 is 1.97 bits per heavy atom. The van der Waals surface area contributed by atoms with Crippen molar-refractivity contribution >= 4 is 46.0 Å². The van der Waals surface area contributed by atoms with Crippen LogP contribution in [0.5, 0.6) is 0 Å². The summed E-state index contributed by atoms with van der Waals surface area (Å²) in [6.07, 6.45) is 1.87. The number of carbonyl (C=O) groups is 1. The average molecular weight is 516 g/mol. The van der Waals surface area contributed by atoms with E-state index in [2.05, 4.69) is 27.6 Å². The summed E-state index contributed by atoms with van der Waals surface area (Å²) in [7, 11) is 1.34. The lowest BCUT2D eigenvalue weighted by atomic mass is 9.96. The largest absolute Gasteiger partial charge is 0.466 e. The van der Waals surface area contributed by atoms with Gasteiger partial charge in [0.1, 0.15) is 0 Å². The fourth-order valence-electron chi connectivity index (χ4n) is 3.39. The third-order valence-corrected chi connectivity index (χ3v) is 6.34. The maximum atomic E-state index is 13.4. The minimum atomic E-state index is -0.571. The fraction of sp³-hybridized carbons (Fsp3) is 0.136. The minimum absolute atomic E-state index is 0.171. The highest BCUT2D eigenvalue weighted by Crippen LogP contribution is 2.30. The third kappa shape index (κ3) is 3.72. The molecule has 0 aliphatic carbocycles. The van der Waals surface area contributed by atoms with Gasteiger partial charge in [-0.2, -0.15) is 0 Å². The Kier molecular flexibility index (Phi) is 5.51. The van der Waals surface area contributed by atoms with E-state index < -0.39 is 12.0 Å². The standard InChI is InChI=1S/C22H17IN2O3S/c1-13-18(21(27)28-2)19(15-8-4-3-5-9-15)25-20(26)17(29-22(25)24-13)12-14-7-6-10-16(23)11-14/h3-12,19H,1-2H3/b17-12+. The van der Waals surface area contributed by atoms with Gasteiger partial charge in [0.15, 0.2) is 4.80 Å². The number of allylic oxidation sites excluding steroid dienone is 1. The van der Waals surface area contributed by atoms with Gasteiger partial charge in [-0.15, -0.1) is 0 Å². The van der Waals surface area contributed by atoms with E-state index in [1.54, 1.807) is 11.5 Å². The second kappa shape index (κ2) is 8.08. The molecular weight excluding hydrogens is 499 g/mol. The lowest BCUT2D eigenvalue weighted by Crippen LogP contribution is -2.39. The second-order valence-electron chi connectivity index (χ2n) is 6.54. The molecule has 1 aliphatic rings. The molecule has 0 radical (unpaired) electrons. The molecule has 2 aromatic carbocycles. The summed E-state index contributed by atoms with van der Waals surface area (Å²) >= 11 is 3.57. The monoisotopic (exact) mass is 516 g/mol. The molecule has 0 bridgehead atoms. The molecule has 0 amide bonds. The Hall–Kier alpha value is -2.52. The summed E-state index contributed by atoms with van der Waals surface area (Å²) in [4.78, 5) is 31.0. The lowest BCUT2D eigenvalue weighted by Gasteiger charge is -2.24. The molecule has 1 unspecified atom stereocenters. The molecule has 0 saturated carbocycles. The number of nitrogens with zero attached hydrogens (tertiary/aromatic N) is 2. The number of benzene rings is 2. The van der Waals surface area contributed by atoms with E-state index in [0.29, 0.717) is 20.6 Å². The summed E-state index contributed by atoms with van der Waals surface area (Å²) in [6, 6.07) is 16.8. The van der Waals surface area contributed by atoms with Crippen LogP contribution in [0.25, 0.3) is 6.08 Å². The Labute approximate surface area is 184 Å². The molecule has 2 heterocycles. The number of hydrogen-bond acceptors (Lipinski definition) is 5. The highest BCUT2D eigenvalue weighted by molar-refractivity contribution is 14.1. The lowest BCUT2D eigenvalue weighted by molar-refractivity contribution is -0.136. The van der Waals surface area contributed by atoms with Crippen molar-refractivity contribution in [2.45, 2.75) is 13.0 Å². The summed E-state index contributed by atoms with van der Waals surface area (Å²) in [5, 5.41) is 0. The van der Waals surface area contributed by atoms with E-state index in [1.165, 1.54) is 18.4 Å². The van der Waals surface area contributed by atoms with Crippen LogP contribution in [0, 0.1) is 3.57 Å². The number of esters is 1. The Morgan fingerprint density at radius 1 is 1.21 bits per heavy atom. The molecule has 1 aliphatic heterocycles. The number of thiazole rings is 1. The third-order valence-electron chi connectivity index (χ3n) is 4.69. The van der Waals surface area contributed by atoms with Crippen LogP contribution in [0.2, 0.25) is 0 Å². The number of halogens is 1. The van der Waals surface area contributed by atoms with Crippen LogP contribution in [-0.4, -0.2) is 17.6 Å². The van der Waals surface area contributed by atoms with Gasteiger partial charge in [0.2, 0.25) is 0 Å². The SMILES string of the molecule is COC(=O)C1=C(C)N=c2s/c(=C/c3cccc(I)c3)c(=O)n2C1c1ccccc1. The van der Waals surface area contributed by atoms with E-state index in [4.69, 9.17) is 4.74 Å². The Morgan fingerprint density at radius 3 is 2.66 bits per heavy atom. The zero-order chi connectivity index (χ0) is 20.5. The zero-order valence-corrected chi connectivity index (χ0v) is 18.7. The minimum Gasteiger partial charge on any atom is -0.466 e. The number of rotatable bonds is 3. The number of carbonyl (C=O) groups excluding carboxylic acids is 1. The van der Waals surface area contributed by atoms with Gasteiger partial charge in [0, 0.05) is 3.57 Å². The van der Waals surface area contributed by atoms with Crippen LogP contribution >= 0.6 is 33.9 Å². The first-order valence-electron chi connectivity index (χ1n) is 8.91. The summed E-state index contributed by atoms with van der Waals surface area (Å²) in [5.74, 6) is -0.480. The predicted molar refractivity (Wildman–Crippen MR) is 121 cm³/mol. The number of fused-ring (bicyclic) bond motifs is 1. The Bertz CT molecular complexity index is 1310. The first-order chi connectivity index (χ1) is 14.0. The summed E-state index contributed by atoms with van der Waals surface area (Å²) < 4.78 is 8.27. The van der Waals surface area contributed by atoms with Crippen molar-refractivity contribution in [1.29, 1.82) is 0 Å². The smallest absolute Gasteiger partial charge is 0.338 e. The normalized spacial score (nSPS) is 16.4. The van der Waals surface area contributed by atoms with E-state index in [9.17, 15) is 9.59 Å². The van der Waals surface area contributed by atoms with Crippen molar-refractivity contribution in [1.82, 2.24) is 4.57 Å². The molecule has 0 spiro atoms. The maximum absolute atomic E-state index is 13.4. The molecule has 0 saturated heterocycles. The van der Waals surface area contributed by atoms with Crippen molar-refractivity contribution in [3.8, 4) is 0 Å². The van der Waals surface area contributed by atoms with Gasteiger partial charge >= 0.3 is 5.97 Å². The average Bonchev–Trinajstić information content (AvgIpc) is 3.02. The van der Waals surface area contributed by atoms with Gasteiger partial charge in [0.05, 0.1) is 29.0 Å². The molecule has 1 atom stereocenters. The molecule has 4 rings (SSSR count). The Balaban J connectivity index is 1.98. The van der Waals surface area contributed by atoms with Crippen molar-refractivity contribution in [2.75, 3.05) is 7.11 Å². The van der Waals surface area contributed by atoms with Gasteiger partial charge in [-0.3, -0.25) is 9.36 Å². The fourth-order valence-corrected chi connectivity index (χ4v) is 5.00. The highest BCUT2D eigenvalue weighted by Gasteiger charge is 2.32. The molecule has 5 nitrogen and oxygen atoms in total. The molecule has 29 heavy (non-hydrogen) atoms. The van der Waals surface area contributed by atoms with Gasteiger partial charge in [0.25, 0.3) is 5.56 Å². The van der Waals surface area contributed by atoms with Crippen LogP contribution in [0.15, 0.2) is 75.7 Å². The first-order valence-corrected chi connectivity index (χ1v) is 10.8. The number of aromatic nitrogens is 1. The van der Waals surface area contributed by atoms with Gasteiger partial charge < -0.3 is 4.74 Å². The number of methoxy groups -OCH3 is 1. The number of hydrogen-bond donors (Lipinski definition) is 0. The van der Waals surface area contributed by atoms with E-state index in [-0.39, 0.29) is 5.56 Å². The van der Waals surface area contributed by atoms with Crippen LogP contribution in [0.4, 0.5) is 0 Å². The van der Waals surface area contributed by atoms with Gasteiger partial charge in [-0.1, -0.05) is 53.8 Å². The molecule has 1 aromatic heterocycles. The number of ether oxygens (including phenoxy) is 1. The van der Waals surface area contributed by atoms with Crippen LogP contribution < -0.4 is 14.9 Å². The molecule has 0 N–H and O–H groups in total. The van der Waals surface area contributed by atoms with Gasteiger partial charge in [-0.25, -0.2) is 9.79 Å². The molecular formula is C22H17IN2O3S. The van der Waals surface area contributed by atoms with Crippen molar-refractivity contribution in [3.05, 3.63) is 100 Å². The quantitative estimate of drug-likeness (QED) is 0.398. The van der Waals surface area contributed by atoms with Crippen molar-refractivity contribution < 1.29 is 9.53 Å². The van der Waals surface area contributed by atoms with Crippen LogP contribution in [-0.2, 0) is 9.53 Å². The molecule has 7 heteroatoms. The van der Waals surface area contributed by atoms with Gasteiger partial charge in [-0.05, 0) is 58.9 Å². The van der Waals surface area contributed by atoms with Crippen LogP contribution in [0.1, 0.15) is 24.1 Å². The zero-order valence-electron chi connectivity index (χ0n) is 15.8. The van der Waals surface area contributed by atoms with E-state index in [1.807, 2.05) is 60.7 Å². The maximum Gasteiger partial charge on any atom is 0.338 e. The second-order valence-corrected chi connectivity index (χ2v) is 8.79. The molecule has 146 valence electrons. The molecule has 0 fully saturated rings. The summed E-state index contributed by atoms with van der Waals surface area (Å²) in [5.41, 5.74) is 2.56. The van der Waals surface area contributed by atoms with Crippen LogP contribution in [0.3, 0.4) is 0 Å². The van der Waals surface area contributed by atoms with Crippen molar-refractivity contribution in [2.24, 2.45) is 4.99 Å². The summed E-state index contributed by atoms with van der Waals surface area (Å²) in [6.45, 7) is 1.78.